The number of fused-ring (bicyclic) bond motifs is 1. The van der Waals surface area contributed by atoms with Crippen LogP contribution in [-0.4, -0.2) is 40.7 Å². The smallest absolute Gasteiger partial charge is 0.258 e. The van der Waals surface area contributed by atoms with Crippen LogP contribution in [0.25, 0.3) is 16.8 Å². The fourth-order valence-corrected chi connectivity index (χ4v) is 3.78. The monoisotopic (exact) mass is 507 g/mol. The molecule has 190 valence electrons. The maximum atomic E-state index is 12.2. The quantitative estimate of drug-likeness (QED) is 0.440. The van der Waals surface area contributed by atoms with Gasteiger partial charge in [-0.2, -0.15) is 0 Å². The van der Waals surface area contributed by atoms with Crippen LogP contribution in [-0.2, 0) is 16.1 Å². The molecular weight excluding hydrogens is 474 g/mol. The van der Waals surface area contributed by atoms with Crippen molar-refractivity contribution in [1.29, 1.82) is 0 Å². The predicted molar refractivity (Wildman–Crippen MR) is 147 cm³/mol. The Morgan fingerprint density at radius 3 is 2.19 bits per heavy atom. The molecule has 0 saturated heterocycles. The van der Waals surface area contributed by atoms with E-state index >= 15 is 0 Å². The average Bonchev–Trinajstić information content (AvgIpc) is 3.49. The number of aryl methyl sites for hydroxylation is 1. The number of carbonyl (C=O) groups is 3. The van der Waals surface area contributed by atoms with Crippen molar-refractivity contribution in [2.75, 3.05) is 12.4 Å². The van der Waals surface area contributed by atoms with Crippen LogP contribution in [0.15, 0.2) is 61.8 Å². The molecule has 0 unspecified atom stereocenters. The van der Waals surface area contributed by atoms with Crippen molar-refractivity contribution in [3.8, 4) is 11.1 Å². The summed E-state index contributed by atoms with van der Waals surface area (Å²) in [5.74, 6) is -0.0129. The summed E-state index contributed by atoms with van der Waals surface area (Å²) in [6.45, 7) is 15.3. The molecular formula is C27H33N5O3S. The molecule has 0 atom stereocenters. The highest BCUT2D eigenvalue weighted by Crippen LogP contribution is 2.33. The summed E-state index contributed by atoms with van der Waals surface area (Å²) in [6.07, 6.45) is 2.96. The lowest BCUT2D eigenvalue weighted by Gasteiger charge is -2.09. The number of hydrogen-bond acceptors (Lipinski definition) is 7. The first-order valence-electron chi connectivity index (χ1n) is 11.3. The molecule has 2 heterocycles. The van der Waals surface area contributed by atoms with Gasteiger partial charge in [0.2, 0.25) is 6.41 Å². The van der Waals surface area contributed by atoms with Crippen LogP contribution in [0.5, 0.6) is 0 Å². The number of aldehydes is 1. The standard InChI is InChI=1S/C17H14N2O2.C6H9N3S.C2H4O.C2H6/c1-2-19-10-16-14(4-3-5-15(16)17(19)21)12-6-8-13(9-7-12)18-11-20;1-4(7-3)6-9-8-5(2)10-6;1-2-3;1-2/h2-9,11H,1,10H2,(H,18,20);7H,1H2,2-3H3;2H,1H3;1-2H3. The van der Waals surface area contributed by atoms with E-state index in [2.05, 4.69) is 34.0 Å². The minimum absolute atomic E-state index is 0.0129. The number of carbonyl (C=O) groups excluding carboxylic acids is 3. The van der Waals surface area contributed by atoms with E-state index in [1.165, 1.54) is 18.3 Å². The van der Waals surface area contributed by atoms with Crippen molar-refractivity contribution in [1.82, 2.24) is 20.4 Å². The molecule has 1 aromatic heterocycles. The molecule has 2 N–H and O–H groups in total. The Balaban J connectivity index is 0.000000361. The van der Waals surface area contributed by atoms with Crippen molar-refractivity contribution in [2.24, 2.45) is 0 Å². The number of rotatable bonds is 6. The number of aromatic nitrogens is 2. The summed E-state index contributed by atoms with van der Waals surface area (Å²) >= 11 is 1.54. The summed E-state index contributed by atoms with van der Waals surface area (Å²) in [5, 5.41) is 15.1. The molecule has 0 aliphatic carbocycles. The van der Waals surface area contributed by atoms with Gasteiger partial charge in [0.25, 0.3) is 5.91 Å². The normalized spacial score (nSPS) is 10.7. The minimum Gasteiger partial charge on any atom is -0.386 e. The Morgan fingerprint density at radius 1 is 1.08 bits per heavy atom. The number of anilines is 1. The molecule has 2 amide bonds. The van der Waals surface area contributed by atoms with E-state index in [4.69, 9.17) is 4.79 Å². The molecule has 9 heteroatoms. The second-order valence-electron chi connectivity index (χ2n) is 6.88. The molecule has 4 rings (SSSR count). The third-order valence-corrected chi connectivity index (χ3v) is 5.62. The van der Waals surface area contributed by atoms with E-state index in [9.17, 15) is 9.59 Å². The largest absolute Gasteiger partial charge is 0.386 e. The van der Waals surface area contributed by atoms with E-state index in [0.717, 1.165) is 49.9 Å². The second-order valence-corrected chi connectivity index (χ2v) is 8.06. The van der Waals surface area contributed by atoms with Crippen molar-refractivity contribution < 1.29 is 14.4 Å². The molecule has 3 aromatic rings. The lowest BCUT2D eigenvalue weighted by atomic mass is 9.97. The van der Waals surface area contributed by atoms with E-state index in [1.807, 2.05) is 70.3 Å². The fourth-order valence-electron chi connectivity index (χ4n) is 3.11. The lowest BCUT2D eigenvalue weighted by Crippen LogP contribution is -2.15. The van der Waals surface area contributed by atoms with Gasteiger partial charge >= 0.3 is 0 Å². The third-order valence-electron chi connectivity index (χ3n) is 4.72. The molecule has 1 aliphatic rings. The maximum absolute atomic E-state index is 12.2. The summed E-state index contributed by atoms with van der Waals surface area (Å²) in [7, 11) is 1.82. The summed E-state index contributed by atoms with van der Waals surface area (Å²) in [6, 6.07) is 13.3. The highest BCUT2D eigenvalue weighted by molar-refractivity contribution is 7.12. The topological polar surface area (TPSA) is 104 Å². The van der Waals surface area contributed by atoms with Crippen LogP contribution < -0.4 is 10.6 Å². The molecule has 36 heavy (non-hydrogen) atoms. The SMILES string of the molecule is C=C(NC)c1nnc(C)s1.C=CN1Cc2c(cccc2-c2ccc(NC=O)cc2)C1=O.CC.CC=O. The molecule has 0 radical (unpaired) electrons. The zero-order valence-electron chi connectivity index (χ0n) is 21.4. The number of amides is 2. The molecule has 0 spiro atoms. The molecule has 0 saturated carbocycles. The number of hydrogen-bond donors (Lipinski definition) is 2. The van der Waals surface area contributed by atoms with Crippen molar-refractivity contribution >= 4 is 41.3 Å². The molecule has 0 bridgehead atoms. The Hall–Kier alpha value is -4.11. The zero-order chi connectivity index (χ0) is 27.1. The van der Waals surface area contributed by atoms with Crippen molar-refractivity contribution in [2.45, 2.75) is 34.2 Å². The minimum atomic E-state index is -0.0129. The number of nitrogens with one attached hydrogen (secondary N) is 2. The van der Waals surface area contributed by atoms with E-state index in [0.29, 0.717) is 13.0 Å². The first-order valence-corrected chi connectivity index (χ1v) is 12.1. The Kier molecular flexibility index (Phi) is 13.1. The van der Waals surface area contributed by atoms with Gasteiger partial charge < -0.3 is 20.3 Å². The first kappa shape index (κ1) is 29.9. The molecule has 1 aliphatic heterocycles. The summed E-state index contributed by atoms with van der Waals surface area (Å²) < 4.78 is 0. The van der Waals surface area contributed by atoms with E-state index < -0.39 is 0 Å². The van der Waals surface area contributed by atoms with Crippen LogP contribution in [0.4, 0.5) is 5.69 Å². The highest BCUT2D eigenvalue weighted by Gasteiger charge is 2.27. The predicted octanol–water partition coefficient (Wildman–Crippen LogP) is 5.29. The Bertz CT molecular complexity index is 1170. The van der Waals surface area contributed by atoms with Gasteiger partial charge in [0.15, 0.2) is 5.01 Å². The molecule has 0 fully saturated rings. The van der Waals surface area contributed by atoms with Crippen LogP contribution >= 0.6 is 11.3 Å². The molecule has 2 aromatic carbocycles. The Morgan fingerprint density at radius 2 is 1.69 bits per heavy atom. The first-order chi connectivity index (χ1) is 17.4. The van der Waals surface area contributed by atoms with Gasteiger partial charge in [-0.3, -0.25) is 9.59 Å². The Labute approximate surface area is 216 Å². The lowest BCUT2D eigenvalue weighted by molar-refractivity contribution is -0.106. The van der Waals surface area contributed by atoms with Gasteiger partial charge in [0, 0.05) is 24.5 Å². The van der Waals surface area contributed by atoms with Crippen molar-refractivity contribution in [3.05, 3.63) is 83.0 Å². The van der Waals surface area contributed by atoms with E-state index in [-0.39, 0.29) is 5.91 Å². The number of nitrogens with zero attached hydrogens (tertiary/aromatic N) is 3. The summed E-state index contributed by atoms with van der Waals surface area (Å²) in [4.78, 5) is 33.0. The van der Waals surface area contributed by atoms with Gasteiger partial charge in [0.1, 0.15) is 11.3 Å². The van der Waals surface area contributed by atoms with Gasteiger partial charge in [-0.1, -0.05) is 62.6 Å². The zero-order valence-corrected chi connectivity index (χ0v) is 22.2. The van der Waals surface area contributed by atoms with Crippen LogP contribution in [0, 0.1) is 6.92 Å². The van der Waals surface area contributed by atoms with E-state index in [1.54, 1.807) is 11.1 Å². The van der Waals surface area contributed by atoms with Crippen LogP contribution in [0.3, 0.4) is 0 Å². The van der Waals surface area contributed by atoms with Gasteiger partial charge in [-0.05, 0) is 48.7 Å². The van der Waals surface area contributed by atoms with Crippen LogP contribution in [0.2, 0.25) is 0 Å². The molecule has 8 nitrogen and oxygen atoms in total. The van der Waals surface area contributed by atoms with Gasteiger partial charge in [-0.25, -0.2) is 0 Å². The maximum Gasteiger partial charge on any atom is 0.258 e. The van der Waals surface area contributed by atoms with Gasteiger partial charge in [0.05, 0.1) is 12.2 Å². The fraction of sp³-hybridized carbons (Fsp3) is 0.222. The third kappa shape index (κ3) is 7.99. The average molecular weight is 508 g/mol. The van der Waals surface area contributed by atoms with Crippen LogP contribution in [0.1, 0.15) is 46.7 Å². The number of benzene rings is 2. The second kappa shape index (κ2) is 15.7. The summed E-state index contributed by atoms with van der Waals surface area (Å²) in [5.41, 5.74) is 5.35. The highest BCUT2D eigenvalue weighted by atomic mass is 32.1. The van der Waals surface area contributed by atoms with Crippen molar-refractivity contribution in [3.63, 3.8) is 0 Å². The van der Waals surface area contributed by atoms with Gasteiger partial charge in [-0.15, -0.1) is 10.2 Å².